The van der Waals surface area contributed by atoms with Gasteiger partial charge in [0.2, 0.25) is 0 Å². The number of nitrogens with two attached hydrogens (primary N) is 1. The minimum atomic E-state index is -0.0506. The SMILES string of the molecule is CC(C)(C)c1ccccc1OCC1(N)CC1.Cl. The van der Waals surface area contributed by atoms with Crippen LogP contribution in [0.1, 0.15) is 39.2 Å². The first-order valence-corrected chi connectivity index (χ1v) is 5.92. The van der Waals surface area contributed by atoms with E-state index in [1.165, 1.54) is 5.56 Å². The molecule has 1 aromatic carbocycles. The lowest BCUT2D eigenvalue weighted by molar-refractivity contribution is 0.273. The molecule has 1 aromatic rings. The summed E-state index contributed by atoms with van der Waals surface area (Å²) in [5.74, 6) is 0.978. The summed E-state index contributed by atoms with van der Waals surface area (Å²) in [5.41, 5.74) is 7.34. The Balaban J connectivity index is 0.00000144. The summed E-state index contributed by atoms with van der Waals surface area (Å²) in [5, 5.41) is 0. The first-order chi connectivity index (χ1) is 7.41. The van der Waals surface area contributed by atoms with Gasteiger partial charge >= 0.3 is 0 Å². The summed E-state index contributed by atoms with van der Waals surface area (Å²) >= 11 is 0. The average molecular weight is 256 g/mol. The van der Waals surface area contributed by atoms with Gasteiger partial charge in [-0.1, -0.05) is 39.0 Å². The Hall–Kier alpha value is -0.730. The van der Waals surface area contributed by atoms with E-state index in [0.717, 1.165) is 18.6 Å². The summed E-state index contributed by atoms with van der Waals surface area (Å²) in [6, 6.07) is 8.24. The van der Waals surface area contributed by atoms with Crippen LogP contribution in [0.15, 0.2) is 24.3 Å². The third kappa shape index (κ3) is 3.62. The highest BCUT2D eigenvalue weighted by atomic mass is 35.5. The Labute approximate surface area is 110 Å². The molecule has 1 aliphatic carbocycles. The van der Waals surface area contributed by atoms with Crippen LogP contribution in [-0.4, -0.2) is 12.1 Å². The molecular formula is C14H22ClNO. The van der Waals surface area contributed by atoms with Crippen LogP contribution in [0.25, 0.3) is 0 Å². The Bertz CT molecular complexity index is 380. The lowest BCUT2D eigenvalue weighted by Crippen LogP contribution is -2.30. The summed E-state index contributed by atoms with van der Waals surface area (Å²) in [7, 11) is 0. The van der Waals surface area contributed by atoms with Gasteiger partial charge in [-0.25, -0.2) is 0 Å². The maximum Gasteiger partial charge on any atom is 0.123 e. The molecule has 0 aliphatic heterocycles. The van der Waals surface area contributed by atoms with Crippen molar-refractivity contribution in [2.24, 2.45) is 5.73 Å². The lowest BCUT2D eigenvalue weighted by Gasteiger charge is -2.23. The number of benzene rings is 1. The van der Waals surface area contributed by atoms with Gasteiger partial charge in [-0.3, -0.25) is 0 Å². The normalized spacial score (nSPS) is 17.2. The van der Waals surface area contributed by atoms with E-state index >= 15 is 0 Å². The van der Waals surface area contributed by atoms with Gasteiger partial charge in [0.1, 0.15) is 12.4 Å². The van der Waals surface area contributed by atoms with Crippen molar-refractivity contribution in [2.75, 3.05) is 6.61 Å². The summed E-state index contributed by atoms with van der Waals surface area (Å²) < 4.78 is 5.87. The van der Waals surface area contributed by atoms with Crippen LogP contribution in [-0.2, 0) is 5.41 Å². The molecule has 0 amide bonds. The van der Waals surface area contributed by atoms with Crippen LogP contribution in [0.4, 0.5) is 0 Å². The topological polar surface area (TPSA) is 35.2 Å². The number of hydrogen-bond donors (Lipinski definition) is 1. The minimum absolute atomic E-state index is 0. The highest BCUT2D eigenvalue weighted by Crippen LogP contribution is 2.35. The second-order valence-electron chi connectivity index (χ2n) is 5.90. The Morgan fingerprint density at radius 3 is 2.35 bits per heavy atom. The fourth-order valence-electron chi connectivity index (χ4n) is 1.74. The molecule has 96 valence electrons. The quantitative estimate of drug-likeness (QED) is 0.900. The van der Waals surface area contributed by atoms with E-state index < -0.39 is 0 Å². The van der Waals surface area contributed by atoms with Gasteiger partial charge in [-0.2, -0.15) is 0 Å². The molecule has 2 N–H and O–H groups in total. The molecule has 0 bridgehead atoms. The molecule has 2 nitrogen and oxygen atoms in total. The largest absolute Gasteiger partial charge is 0.491 e. The maximum absolute atomic E-state index is 6.03. The molecule has 1 fully saturated rings. The van der Waals surface area contributed by atoms with Gasteiger partial charge in [0.25, 0.3) is 0 Å². The van der Waals surface area contributed by atoms with Crippen molar-refractivity contribution < 1.29 is 4.74 Å². The van der Waals surface area contributed by atoms with E-state index in [1.54, 1.807) is 0 Å². The first-order valence-electron chi connectivity index (χ1n) is 5.92. The Morgan fingerprint density at radius 1 is 1.24 bits per heavy atom. The number of rotatable bonds is 3. The zero-order valence-corrected chi connectivity index (χ0v) is 11.6. The average Bonchev–Trinajstić information content (AvgIpc) is 2.94. The summed E-state index contributed by atoms with van der Waals surface area (Å²) in [4.78, 5) is 0. The van der Waals surface area contributed by atoms with Gasteiger partial charge in [0.05, 0.1) is 5.54 Å². The van der Waals surface area contributed by atoms with Crippen molar-refractivity contribution in [2.45, 2.75) is 44.6 Å². The van der Waals surface area contributed by atoms with Crippen LogP contribution in [0.5, 0.6) is 5.75 Å². The monoisotopic (exact) mass is 255 g/mol. The van der Waals surface area contributed by atoms with Gasteiger partial charge in [-0.15, -0.1) is 12.4 Å². The van der Waals surface area contributed by atoms with E-state index in [2.05, 4.69) is 32.9 Å². The predicted molar refractivity (Wildman–Crippen MR) is 74.0 cm³/mol. The molecule has 0 aromatic heterocycles. The molecule has 17 heavy (non-hydrogen) atoms. The fraction of sp³-hybridized carbons (Fsp3) is 0.571. The minimum Gasteiger partial charge on any atom is -0.491 e. The molecule has 2 rings (SSSR count). The summed E-state index contributed by atoms with van der Waals surface area (Å²) in [6.45, 7) is 7.24. The maximum atomic E-state index is 6.03. The van der Waals surface area contributed by atoms with Gasteiger partial charge in [0, 0.05) is 0 Å². The molecule has 0 radical (unpaired) electrons. The van der Waals surface area contributed by atoms with Crippen molar-refractivity contribution >= 4 is 12.4 Å². The molecule has 3 heteroatoms. The van der Waals surface area contributed by atoms with Crippen LogP contribution in [0.3, 0.4) is 0 Å². The highest BCUT2D eigenvalue weighted by molar-refractivity contribution is 5.85. The van der Waals surface area contributed by atoms with Crippen molar-refractivity contribution in [3.63, 3.8) is 0 Å². The second kappa shape index (κ2) is 4.87. The predicted octanol–water partition coefficient (Wildman–Crippen LogP) is 3.28. The molecule has 0 heterocycles. The zero-order valence-electron chi connectivity index (χ0n) is 10.8. The number of ether oxygens (including phenoxy) is 1. The van der Waals surface area contributed by atoms with Crippen LogP contribution < -0.4 is 10.5 Å². The van der Waals surface area contributed by atoms with Gasteiger partial charge < -0.3 is 10.5 Å². The van der Waals surface area contributed by atoms with Crippen molar-refractivity contribution in [3.8, 4) is 5.75 Å². The molecular weight excluding hydrogens is 234 g/mol. The Kier molecular flexibility index (Phi) is 4.11. The van der Waals surface area contributed by atoms with Crippen molar-refractivity contribution in [1.82, 2.24) is 0 Å². The lowest BCUT2D eigenvalue weighted by atomic mass is 9.86. The number of para-hydroxylation sites is 1. The number of hydrogen-bond acceptors (Lipinski definition) is 2. The molecule has 1 saturated carbocycles. The van der Waals surface area contributed by atoms with E-state index in [9.17, 15) is 0 Å². The smallest absolute Gasteiger partial charge is 0.123 e. The van der Waals surface area contributed by atoms with Gasteiger partial charge in [-0.05, 0) is 29.9 Å². The van der Waals surface area contributed by atoms with Crippen LogP contribution in [0, 0.1) is 0 Å². The van der Waals surface area contributed by atoms with Gasteiger partial charge in [0.15, 0.2) is 0 Å². The Morgan fingerprint density at radius 2 is 1.82 bits per heavy atom. The van der Waals surface area contributed by atoms with Crippen LogP contribution in [0.2, 0.25) is 0 Å². The molecule has 0 spiro atoms. The second-order valence-corrected chi connectivity index (χ2v) is 5.90. The zero-order chi connectivity index (χ0) is 11.8. The van der Waals surface area contributed by atoms with E-state index in [0.29, 0.717) is 6.61 Å². The molecule has 0 atom stereocenters. The molecule has 1 aliphatic rings. The third-order valence-corrected chi connectivity index (χ3v) is 3.10. The van der Waals surface area contributed by atoms with Crippen molar-refractivity contribution in [3.05, 3.63) is 29.8 Å². The standard InChI is InChI=1S/C14H21NO.ClH/c1-13(2,3)11-6-4-5-7-12(11)16-10-14(15)8-9-14;/h4-7H,8-10,15H2,1-3H3;1H. The summed E-state index contributed by atoms with van der Waals surface area (Å²) in [6.07, 6.45) is 2.18. The highest BCUT2D eigenvalue weighted by Gasteiger charge is 2.39. The molecule has 0 saturated heterocycles. The van der Waals surface area contributed by atoms with E-state index in [1.807, 2.05) is 12.1 Å². The van der Waals surface area contributed by atoms with Crippen LogP contribution >= 0.6 is 12.4 Å². The molecule has 0 unspecified atom stereocenters. The number of halogens is 1. The van der Waals surface area contributed by atoms with E-state index in [4.69, 9.17) is 10.5 Å². The van der Waals surface area contributed by atoms with E-state index in [-0.39, 0.29) is 23.4 Å². The first kappa shape index (κ1) is 14.3. The van der Waals surface area contributed by atoms with Crippen molar-refractivity contribution in [1.29, 1.82) is 0 Å². The third-order valence-electron chi connectivity index (χ3n) is 3.10. The fourth-order valence-corrected chi connectivity index (χ4v) is 1.74.